The molecular weight excluding hydrogens is 331 g/mol. The van der Waals surface area contributed by atoms with Crippen LogP contribution in [0.4, 0.5) is 18.9 Å². The molecule has 1 fully saturated rings. The SMILES string of the molecule is Cc1ccccc1C1CC1N=C(N)Nc1ccc(OC(F)(F)F)cc1. The van der Waals surface area contributed by atoms with Gasteiger partial charge in [0.05, 0.1) is 6.04 Å². The lowest BCUT2D eigenvalue weighted by molar-refractivity contribution is -0.274. The number of guanidine groups is 1. The molecule has 0 heterocycles. The van der Waals surface area contributed by atoms with Gasteiger partial charge in [-0.05, 0) is 48.7 Å². The van der Waals surface area contributed by atoms with E-state index in [-0.39, 0.29) is 17.8 Å². The molecule has 0 bridgehead atoms. The van der Waals surface area contributed by atoms with Crippen LogP contribution >= 0.6 is 0 Å². The van der Waals surface area contributed by atoms with E-state index in [2.05, 4.69) is 34.1 Å². The normalized spacial score (nSPS) is 20.2. The van der Waals surface area contributed by atoms with Crippen LogP contribution in [0.15, 0.2) is 53.5 Å². The number of hydrogen-bond donors (Lipinski definition) is 2. The fourth-order valence-electron chi connectivity index (χ4n) is 2.76. The summed E-state index contributed by atoms with van der Waals surface area (Å²) in [6.45, 7) is 2.07. The summed E-state index contributed by atoms with van der Waals surface area (Å²) >= 11 is 0. The van der Waals surface area contributed by atoms with E-state index >= 15 is 0 Å². The molecule has 1 aliphatic rings. The molecule has 0 radical (unpaired) electrons. The van der Waals surface area contributed by atoms with Crippen molar-refractivity contribution in [1.82, 2.24) is 0 Å². The van der Waals surface area contributed by atoms with E-state index in [4.69, 9.17) is 5.73 Å². The minimum atomic E-state index is -4.70. The number of aliphatic imine (C=N–C) groups is 1. The summed E-state index contributed by atoms with van der Waals surface area (Å²) in [7, 11) is 0. The molecule has 1 aliphatic carbocycles. The van der Waals surface area contributed by atoms with Gasteiger partial charge in [-0.2, -0.15) is 0 Å². The zero-order chi connectivity index (χ0) is 18.0. The number of anilines is 1. The first-order valence-electron chi connectivity index (χ1n) is 7.83. The summed E-state index contributed by atoms with van der Waals surface area (Å²) in [5.74, 6) is 0.324. The Morgan fingerprint density at radius 2 is 1.84 bits per heavy atom. The maximum Gasteiger partial charge on any atom is 0.573 e. The van der Waals surface area contributed by atoms with Crippen molar-refractivity contribution in [3.05, 3.63) is 59.7 Å². The highest BCUT2D eigenvalue weighted by atomic mass is 19.4. The third-order valence-corrected chi connectivity index (χ3v) is 4.01. The molecule has 0 aliphatic heterocycles. The molecule has 0 aromatic heterocycles. The Morgan fingerprint density at radius 1 is 1.16 bits per heavy atom. The van der Waals surface area contributed by atoms with Gasteiger partial charge in [0.1, 0.15) is 5.75 Å². The topological polar surface area (TPSA) is 59.6 Å². The Bertz CT molecular complexity index is 772. The van der Waals surface area contributed by atoms with Crippen LogP contribution in [0.25, 0.3) is 0 Å². The van der Waals surface area contributed by atoms with Crippen LogP contribution in [0.1, 0.15) is 23.5 Å². The Balaban J connectivity index is 1.59. The lowest BCUT2D eigenvalue weighted by atomic mass is 10.0. The zero-order valence-electron chi connectivity index (χ0n) is 13.5. The van der Waals surface area contributed by atoms with Crippen molar-refractivity contribution >= 4 is 11.6 Å². The maximum absolute atomic E-state index is 12.1. The third-order valence-electron chi connectivity index (χ3n) is 4.01. The molecular formula is C18H18F3N3O. The van der Waals surface area contributed by atoms with Crippen LogP contribution in [-0.4, -0.2) is 18.4 Å². The average Bonchev–Trinajstić information content (AvgIpc) is 3.27. The molecule has 2 aromatic carbocycles. The fraction of sp³-hybridized carbons (Fsp3) is 0.278. The van der Waals surface area contributed by atoms with E-state index in [1.165, 1.54) is 35.4 Å². The first kappa shape index (κ1) is 17.1. The van der Waals surface area contributed by atoms with Crippen molar-refractivity contribution in [2.75, 3.05) is 5.32 Å². The Morgan fingerprint density at radius 3 is 2.48 bits per heavy atom. The molecule has 0 saturated heterocycles. The van der Waals surface area contributed by atoms with Gasteiger partial charge < -0.3 is 15.8 Å². The number of benzene rings is 2. The van der Waals surface area contributed by atoms with Crippen molar-refractivity contribution in [3.8, 4) is 5.75 Å². The van der Waals surface area contributed by atoms with Crippen molar-refractivity contribution in [2.24, 2.45) is 10.7 Å². The highest BCUT2D eigenvalue weighted by Gasteiger charge is 2.39. The van der Waals surface area contributed by atoms with Gasteiger partial charge in [-0.3, -0.25) is 0 Å². The molecule has 25 heavy (non-hydrogen) atoms. The quantitative estimate of drug-likeness (QED) is 0.643. The molecule has 0 amide bonds. The van der Waals surface area contributed by atoms with Gasteiger partial charge in [0, 0.05) is 11.6 Å². The molecule has 2 atom stereocenters. The number of ether oxygens (including phenoxy) is 1. The van der Waals surface area contributed by atoms with Crippen LogP contribution in [0.5, 0.6) is 5.75 Å². The Kier molecular flexibility index (Phi) is 4.57. The summed E-state index contributed by atoms with van der Waals surface area (Å²) < 4.78 is 40.2. The van der Waals surface area contributed by atoms with Crippen LogP contribution < -0.4 is 15.8 Å². The highest BCUT2D eigenvalue weighted by molar-refractivity contribution is 5.92. The molecule has 132 valence electrons. The smallest absolute Gasteiger partial charge is 0.406 e. The van der Waals surface area contributed by atoms with Crippen LogP contribution in [-0.2, 0) is 0 Å². The molecule has 7 heteroatoms. The monoisotopic (exact) mass is 349 g/mol. The van der Waals surface area contributed by atoms with E-state index in [9.17, 15) is 13.2 Å². The second kappa shape index (κ2) is 6.66. The summed E-state index contributed by atoms with van der Waals surface area (Å²) in [6, 6.07) is 13.6. The van der Waals surface area contributed by atoms with Gasteiger partial charge in [0.2, 0.25) is 0 Å². The fourth-order valence-corrected chi connectivity index (χ4v) is 2.76. The second-order valence-electron chi connectivity index (χ2n) is 5.98. The number of halogens is 3. The molecule has 3 rings (SSSR count). The Labute approximate surface area is 143 Å². The summed E-state index contributed by atoms with van der Waals surface area (Å²) in [6.07, 6.45) is -3.77. The number of aryl methyl sites for hydroxylation is 1. The first-order valence-corrected chi connectivity index (χ1v) is 7.83. The Hall–Kier alpha value is -2.70. The first-order chi connectivity index (χ1) is 11.8. The minimum Gasteiger partial charge on any atom is -0.406 e. The average molecular weight is 349 g/mol. The maximum atomic E-state index is 12.1. The molecule has 2 unspecified atom stereocenters. The van der Waals surface area contributed by atoms with Gasteiger partial charge in [-0.25, -0.2) is 4.99 Å². The van der Waals surface area contributed by atoms with E-state index < -0.39 is 6.36 Å². The van der Waals surface area contributed by atoms with Gasteiger partial charge in [0.15, 0.2) is 5.96 Å². The summed E-state index contributed by atoms with van der Waals surface area (Å²) in [5.41, 5.74) is 8.95. The predicted octanol–water partition coefficient (Wildman–Crippen LogP) is 4.18. The van der Waals surface area contributed by atoms with Crippen molar-refractivity contribution in [2.45, 2.75) is 31.7 Å². The summed E-state index contributed by atoms with van der Waals surface area (Å²) in [5, 5.41) is 2.88. The molecule has 1 saturated carbocycles. The highest BCUT2D eigenvalue weighted by Crippen LogP contribution is 2.44. The van der Waals surface area contributed by atoms with Crippen LogP contribution in [0.2, 0.25) is 0 Å². The standard InChI is InChI=1S/C18H18F3N3O/c1-11-4-2-3-5-14(11)15-10-16(15)24-17(22)23-12-6-8-13(9-7-12)25-18(19,20)21/h2-9,15-16H,10H2,1H3,(H3,22,23,24). The van der Waals surface area contributed by atoms with Crippen molar-refractivity contribution in [3.63, 3.8) is 0 Å². The van der Waals surface area contributed by atoms with Gasteiger partial charge in [0.25, 0.3) is 0 Å². The number of nitrogens with one attached hydrogen (secondary N) is 1. The van der Waals surface area contributed by atoms with Gasteiger partial charge >= 0.3 is 6.36 Å². The number of hydrogen-bond acceptors (Lipinski definition) is 2. The molecule has 3 N–H and O–H groups in total. The van der Waals surface area contributed by atoms with Crippen molar-refractivity contribution < 1.29 is 17.9 Å². The van der Waals surface area contributed by atoms with E-state index in [0.717, 1.165) is 6.42 Å². The zero-order valence-corrected chi connectivity index (χ0v) is 13.5. The molecule has 4 nitrogen and oxygen atoms in total. The number of rotatable bonds is 4. The van der Waals surface area contributed by atoms with Gasteiger partial charge in [-0.1, -0.05) is 24.3 Å². The number of nitrogens with zero attached hydrogens (tertiary/aromatic N) is 1. The van der Waals surface area contributed by atoms with Crippen LogP contribution in [0.3, 0.4) is 0 Å². The third kappa shape index (κ3) is 4.65. The van der Waals surface area contributed by atoms with E-state index in [1.54, 1.807) is 0 Å². The van der Waals surface area contributed by atoms with Crippen molar-refractivity contribution in [1.29, 1.82) is 0 Å². The lowest BCUT2D eigenvalue weighted by Gasteiger charge is -2.10. The molecule has 2 aromatic rings. The predicted molar refractivity (Wildman–Crippen MR) is 90.7 cm³/mol. The summed E-state index contributed by atoms with van der Waals surface area (Å²) in [4.78, 5) is 4.44. The minimum absolute atomic E-state index is 0.126. The van der Waals surface area contributed by atoms with E-state index in [0.29, 0.717) is 11.6 Å². The largest absolute Gasteiger partial charge is 0.573 e. The molecule has 0 spiro atoms. The number of alkyl halides is 3. The van der Waals surface area contributed by atoms with Gasteiger partial charge in [-0.15, -0.1) is 13.2 Å². The van der Waals surface area contributed by atoms with E-state index in [1.807, 2.05) is 12.1 Å². The lowest BCUT2D eigenvalue weighted by Crippen LogP contribution is -2.23. The van der Waals surface area contributed by atoms with Crippen LogP contribution in [0, 0.1) is 6.92 Å². The number of nitrogens with two attached hydrogens (primary N) is 1. The second-order valence-corrected chi connectivity index (χ2v) is 5.98.